The van der Waals surface area contributed by atoms with Gasteiger partial charge in [0, 0.05) is 60.0 Å². The molecule has 14 aromatic rings. The molecule has 10 heteroatoms. The number of rotatable bonds is 5. The maximum absolute atomic E-state index is 16.9. The van der Waals surface area contributed by atoms with Crippen molar-refractivity contribution in [3.63, 3.8) is 0 Å². The predicted molar refractivity (Wildman–Crippen MR) is 274 cm³/mol. The molecule has 0 saturated carbocycles. The van der Waals surface area contributed by atoms with E-state index in [9.17, 15) is 5.26 Å². The van der Waals surface area contributed by atoms with Crippen molar-refractivity contribution >= 4 is 87.2 Å². The zero-order valence-corrected chi connectivity index (χ0v) is 37.1. The minimum atomic E-state index is -2.27. The van der Waals surface area contributed by atoms with Gasteiger partial charge in [0.2, 0.25) is 5.82 Å². The molecule has 0 aliphatic rings. The molecule has 4 aromatic heterocycles. The van der Waals surface area contributed by atoms with Crippen molar-refractivity contribution in [2.24, 2.45) is 0 Å². The molecule has 0 saturated heterocycles. The van der Waals surface area contributed by atoms with Crippen LogP contribution in [0, 0.1) is 40.4 Å². The first-order valence-corrected chi connectivity index (χ1v) is 23.0. The van der Waals surface area contributed by atoms with E-state index in [-0.39, 0.29) is 22.5 Å². The van der Waals surface area contributed by atoms with Gasteiger partial charge in [-0.25, -0.2) is 22.0 Å². The van der Waals surface area contributed by atoms with Crippen LogP contribution in [0.25, 0.3) is 121 Å². The van der Waals surface area contributed by atoms with Gasteiger partial charge in [-0.2, -0.15) is 5.26 Å². The summed E-state index contributed by atoms with van der Waals surface area (Å²) in [5, 5.41) is 18.1. The first-order chi connectivity index (χ1) is 34.8. The third-order valence-electron chi connectivity index (χ3n) is 14.2. The molecule has 0 aliphatic heterocycles. The zero-order valence-electron chi connectivity index (χ0n) is 37.1. The third kappa shape index (κ3) is 5.48. The van der Waals surface area contributed by atoms with Gasteiger partial charge in [0.25, 0.3) is 0 Å². The molecule has 0 atom stereocenters. The summed E-state index contributed by atoms with van der Waals surface area (Å²) >= 11 is 0. The van der Waals surface area contributed by atoms with Gasteiger partial charge in [0.1, 0.15) is 6.07 Å². The topological polar surface area (TPSA) is 43.5 Å². The van der Waals surface area contributed by atoms with Crippen LogP contribution in [0.3, 0.4) is 0 Å². The molecular formula is C61H32F5N5. The molecular weight excluding hydrogens is 898 g/mol. The van der Waals surface area contributed by atoms with Crippen LogP contribution < -0.4 is 0 Å². The van der Waals surface area contributed by atoms with E-state index in [1.165, 1.54) is 12.1 Å². The van der Waals surface area contributed by atoms with E-state index in [2.05, 4.69) is 21.3 Å². The molecule has 14 rings (SSSR count). The lowest BCUT2D eigenvalue weighted by Crippen LogP contribution is -2.09. The van der Waals surface area contributed by atoms with E-state index in [0.717, 1.165) is 76.5 Å². The highest BCUT2D eigenvalue weighted by molar-refractivity contribution is 6.28. The van der Waals surface area contributed by atoms with Crippen molar-refractivity contribution in [2.45, 2.75) is 0 Å². The quantitative estimate of drug-likeness (QED) is 0.0963. The number of nitrogens with zero attached hydrogens (tertiary/aromatic N) is 5. The van der Waals surface area contributed by atoms with E-state index in [1.807, 2.05) is 185 Å². The van der Waals surface area contributed by atoms with Crippen LogP contribution in [0.1, 0.15) is 5.56 Å². The van der Waals surface area contributed by atoms with Gasteiger partial charge in [0.15, 0.2) is 23.3 Å². The Morgan fingerprint density at radius 3 is 1.15 bits per heavy atom. The van der Waals surface area contributed by atoms with Crippen molar-refractivity contribution in [2.75, 3.05) is 0 Å². The van der Waals surface area contributed by atoms with Gasteiger partial charge in [0.05, 0.1) is 66.6 Å². The van der Waals surface area contributed by atoms with Crippen LogP contribution in [0.4, 0.5) is 22.0 Å². The first kappa shape index (κ1) is 40.6. The zero-order chi connectivity index (χ0) is 47.8. The molecule has 0 radical (unpaired) electrons. The lowest BCUT2D eigenvalue weighted by Gasteiger charge is -2.20. The molecule has 0 bridgehead atoms. The molecule has 0 unspecified atom stereocenters. The maximum Gasteiger partial charge on any atom is 0.200 e. The van der Waals surface area contributed by atoms with E-state index >= 15 is 22.0 Å². The SMILES string of the molecule is N#Cc1cc(-n2c3ccccc3c3ccc4c(c5ccccc5n4-c4ccccc4)c32)c(-c2c(F)c(F)c(F)c(F)c2F)cc1-n1c2ccccc2c2ccc3c(c4ccccc4n3-c3ccccc3)c21. The number of halogens is 5. The summed E-state index contributed by atoms with van der Waals surface area (Å²) in [6, 6.07) is 64.3. The van der Waals surface area contributed by atoms with Crippen LogP contribution >= 0.6 is 0 Å². The number of fused-ring (bicyclic) bond motifs is 14. The normalized spacial score (nSPS) is 12.0. The van der Waals surface area contributed by atoms with Gasteiger partial charge in [-0.3, -0.25) is 0 Å². The third-order valence-corrected chi connectivity index (χ3v) is 14.2. The molecule has 10 aromatic carbocycles. The Kier molecular flexibility index (Phi) is 8.59. The Labute approximate surface area is 399 Å². The summed E-state index contributed by atoms with van der Waals surface area (Å²) < 4.78 is 88.5. The predicted octanol–water partition coefficient (Wildman–Crippen LogP) is 16.3. The Hall–Kier alpha value is -9.46. The van der Waals surface area contributed by atoms with Crippen molar-refractivity contribution in [1.82, 2.24) is 18.3 Å². The van der Waals surface area contributed by atoms with Crippen LogP contribution in [0.15, 0.2) is 194 Å². The fraction of sp³-hybridized carbons (Fsp3) is 0. The number of aromatic nitrogens is 4. The van der Waals surface area contributed by atoms with Crippen LogP contribution in [0.5, 0.6) is 0 Å². The summed E-state index contributed by atoms with van der Waals surface area (Å²) in [6.45, 7) is 0. The molecule has 0 aliphatic carbocycles. The minimum absolute atomic E-state index is 0.0374. The molecule has 4 heterocycles. The molecule has 0 fully saturated rings. The van der Waals surface area contributed by atoms with Crippen molar-refractivity contribution in [3.05, 3.63) is 229 Å². The van der Waals surface area contributed by atoms with E-state index in [0.29, 0.717) is 22.1 Å². The number of nitriles is 1. The molecule has 5 nitrogen and oxygen atoms in total. The van der Waals surface area contributed by atoms with E-state index < -0.39 is 34.6 Å². The van der Waals surface area contributed by atoms with Gasteiger partial charge in [-0.1, -0.05) is 121 Å². The average molecular weight is 930 g/mol. The number of para-hydroxylation sites is 6. The van der Waals surface area contributed by atoms with E-state index in [4.69, 9.17) is 0 Å². The molecule has 0 amide bonds. The smallest absolute Gasteiger partial charge is 0.200 e. The molecule has 0 N–H and O–H groups in total. The maximum atomic E-state index is 16.9. The minimum Gasteiger partial charge on any atom is -0.309 e. The lowest BCUT2D eigenvalue weighted by molar-refractivity contribution is 0.381. The summed E-state index contributed by atoms with van der Waals surface area (Å²) in [4.78, 5) is 0. The van der Waals surface area contributed by atoms with Crippen LogP contribution in [-0.2, 0) is 0 Å². The fourth-order valence-electron chi connectivity index (χ4n) is 11.3. The Bertz CT molecular complexity index is 4620. The lowest BCUT2D eigenvalue weighted by atomic mass is 9.97. The Morgan fingerprint density at radius 1 is 0.324 bits per heavy atom. The van der Waals surface area contributed by atoms with Crippen molar-refractivity contribution < 1.29 is 22.0 Å². The highest BCUT2D eigenvalue weighted by Gasteiger charge is 2.32. The van der Waals surface area contributed by atoms with Crippen LogP contribution in [-0.4, -0.2) is 18.3 Å². The summed E-state index contributed by atoms with van der Waals surface area (Å²) in [7, 11) is 0. The summed E-state index contributed by atoms with van der Waals surface area (Å²) in [5.41, 5.74) is 6.69. The number of hydrogen-bond donors (Lipinski definition) is 0. The summed E-state index contributed by atoms with van der Waals surface area (Å²) in [6.07, 6.45) is 0. The molecule has 71 heavy (non-hydrogen) atoms. The van der Waals surface area contributed by atoms with Gasteiger partial charge >= 0.3 is 0 Å². The average Bonchev–Trinajstić information content (AvgIpc) is 4.15. The first-order valence-electron chi connectivity index (χ1n) is 23.0. The standard InChI is InChI=1S/C61H32F5N5/c62-55-54(56(63)58(65)59(66)57(55)64)43-32-50(70-44-23-11-7-19-37(44)39-27-29-48-52(60(39)70)41-21-9-13-25-46(41)68(48)35-15-3-1-4-16-35)34(33-67)31-51(43)71-45-24-12-8-20-38(45)40-28-30-49-53(61(40)71)42-22-10-14-26-47(42)69(49)36-17-5-2-6-18-36/h1-32H. The van der Waals surface area contributed by atoms with Gasteiger partial charge in [-0.05, 0) is 72.8 Å². The van der Waals surface area contributed by atoms with Crippen molar-refractivity contribution in [1.29, 1.82) is 5.26 Å². The molecule has 336 valence electrons. The van der Waals surface area contributed by atoms with Gasteiger partial charge in [-0.15, -0.1) is 0 Å². The van der Waals surface area contributed by atoms with Crippen LogP contribution in [0.2, 0.25) is 0 Å². The highest BCUT2D eigenvalue weighted by atomic mass is 19.2. The summed E-state index contributed by atoms with van der Waals surface area (Å²) in [5.74, 6) is -10.4. The molecule has 0 spiro atoms. The monoisotopic (exact) mass is 929 g/mol. The second-order valence-electron chi connectivity index (χ2n) is 17.7. The van der Waals surface area contributed by atoms with Gasteiger partial charge < -0.3 is 18.3 Å². The second-order valence-corrected chi connectivity index (χ2v) is 17.7. The largest absolute Gasteiger partial charge is 0.309 e. The fourth-order valence-corrected chi connectivity index (χ4v) is 11.3. The number of hydrogen-bond acceptors (Lipinski definition) is 1. The Morgan fingerprint density at radius 2 is 0.704 bits per heavy atom. The van der Waals surface area contributed by atoms with E-state index in [1.54, 1.807) is 0 Å². The Balaban J connectivity index is 1.18. The highest BCUT2D eigenvalue weighted by Crippen LogP contribution is 2.48. The number of benzene rings is 10. The second kappa shape index (κ2) is 15.0. The van der Waals surface area contributed by atoms with Crippen molar-refractivity contribution in [3.8, 4) is 39.9 Å².